The lowest BCUT2D eigenvalue weighted by atomic mass is 9.74. The highest BCUT2D eigenvalue weighted by molar-refractivity contribution is 5.85. The van der Waals surface area contributed by atoms with E-state index in [9.17, 15) is 14.4 Å². The van der Waals surface area contributed by atoms with E-state index in [2.05, 4.69) is 48.9 Å². The van der Waals surface area contributed by atoms with Crippen LogP contribution in [0.15, 0.2) is 12.2 Å². The second kappa shape index (κ2) is 40.9. The largest absolute Gasteiger partial charge is 0.356 e. The molecule has 334 valence electrons. The van der Waals surface area contributed by atoms with Crippen molar-refractivity contribution in [1.82, 2.24) is 16.0 Å². The van der Waals surface area contributed by atoms with Crippen LogP contribution in [-0.2, 0) is 14.4 Å². The maximum absolute atomic E-state index is 13.4. The molecule has 0 aliphatic heterocycles. The molecule has 1 rings (SSSR count). The second-order valence-corrected chi connectivity index (χ2v) is 18.0. The molecule has 1 fully saturated rings. The van der Waals surface area contributed by atoms with Crippen LogP contribution in [-0.4, -0.2) is 37.4 Å². The Morgan fingerprint density at radius 2 is 0.544 bits per heavy atom. The monoisotopic (exact) mass is 800 g/mol. The summed E-state index contributed by atoms with van der Waals surface area (Å²) in [6.07, 6.45) is 49.6. The van der Waals surface area contributed by atoms with Gasteiger partial charge in [0.2, 0.25) is 17.7 Å². The predicted octanol–water partition coefficient (Wildman–Crippen LogP) is 14.2. The van der Waals surface area contributed by atoms with Gasteiger partial charge < -0.3 is 16.0 Å². The van der Waals surface area contributed by atoms with E-state index >= 15 is 0 Å². The summed E-state index contributed by atoms with van der Waals surface area (Å²) in [5.41, 5.74) is 0. The van der Waals surface area contributed by atoms with Gasteiger partial charge in [-0.2, -0.15) is 0 Å². The fourth-order valence-electron chi connectivity index (χ4n) is 8.63. The number of unbranched alkanes of at least 4 members (excludes halogenated alkanes) is 30. The lowest BCUT2D eigenvalue weighted by Crippen LogP contribution is -2.45. The summed E-state index contributed by atoms with van der Waals surface area (Å²) in [5.74, 6) is -0.753. The van der Waals surface area contributed by atoms with Crippen molar-refractivity contribution >= 4 is 17.7 Å². The van der Waals surface area contributed by atoms with Crippen LogP contribution in [0.3, 0.4) is 0 Å². The van der Waals surface area contributed by atoms with Crippen molar-refractivity contribution in [3.63, 3.8) is 0 Å². The zero-order valence-corrected chi connectivity index (χ0v) is 38.4. The number of rotatable bonds is 41. The van der Waals surface area contributed by atoms with Crippen LogP contribution in [0.5, 0.6) is 0 Å². The smallest absolute Gasteiger partial charge is 0.223 e. The predicted molar refractivity (Wildman–Crippen MR) is 246 cm³/mol. The molecule has 0 aromatic carbocycles. The molecule has 0 saturated heterocycles. The van der Waals surface area contributed by atoms with Crippen LogP contribution in [0.25, 0.3) is 0 Å². The van der Waals surface area contributed by atoms with Crippen molar-refractivity contribution in [2.45, 2.75) is 258 Å². The third-order valence-electron chi connectivity index (χ3n) is 12.5. The van der Waals surface area contributed by atoms with E-state index in [-0.39, 0.29) is 35.5 Å². The summed E-state index contributed by atoms with van der Waals surface area (Å²) >= 11 is 0. The molecule has 0 aromatic heterocycles. The molecule has 6 nitrogen and oxygen atoms in total. The average Bonchev–Trinajstić information content (AvgIpc) is 3.22. The van der Waals surface area contributed by atoms with E-state index in [0.717, 1.165) is 38.5 Å². The summed E-state index contributed by atoms with van der Waals surface area (Å²) in [6.45, 7) is 8.86. The number of amides is 3. The minimum atomic E-state index is -0.283. The highest BCUT2D eigenvalue weighted by Gasteiger charge is 2.38. The third kappa shape index (κ3) is 32.7. The summed E-state index contributed by atoms with van der Waals surface area (Å²) in [5, 5.41) is 9.56. The van der Waals surface area contributed by atoms with Gasteiger partial charge in [0.1, 0.15) is 0 Å². The molecule has 3 atom stereocenters. The molecule has 0 heterocycles. The first kappa shape index (κ1) is 53.2. The molecule has 0 radical (unpaired) electrons. The summed E-state index contributed by atoms with van der Waals surface area (Å²) in [7, 11) is 0. The normalized spacial score (nSPS) is 16.9. The van der Waals surface area contributed by atoms with Crippen molar-refractivity contribution in [3.8, 4) is 0 Å². The highest BCUT2D eigenvalue weighted by atomic mass is 16.2. The fraction of sp³-hybridized carbons (Fsp3) is 0.902. The van der Waals surface area contributed by atoms with Crippen molar-refractivity contribution < 1.29 is 14.4 Å². The Bertz CT molecular complexity index is 906. The van der Waals surface area contributed by atoms with Crippen LogP contribution in [0.2, 0.25) is 0 Å². The van der Waals surface area contributed by atoms with Gasteiger partial charge in [-0.1, -0.05) is 206 Å². The quantitative estimate of drug-likeness (QED) is 0.0425. The van der Waals surface area contributed by atoms with Crippen molar-refractivity contribution in [3.05, 3.63) is 12.2 Å². The van der Waals surface area contributed by atoms with Crippen LogP contribution in [0.4, 0.5) is 0 Å². The first-order chi connectivity index (χ1) is 28.0. The van der Waals surface area contributed by atoms with Crippen LogP contribution < -0.4 is 16.0 Å². The molecule has 3 N–H and O–H groups in total. The molecule has 3 amide bonds. The minimum Gasteiger partial charge on any atom is -0.356 e. The standard InChI is InChI=1S/C51H97N3O3/c1-4-7-10-13-16-19-22-23-24-25-26-27-30-33-36-39-42-54-51(57)48-44-46(49(55)52-40-37-34-31-28-20-17-14-11-8-5-2)43-47(45-48)50(56)53-41-38-35-32-29-21-18-15-12-9-6-3/h23-24,46-48H,4-22,25-45H2,1-3H3,(H,52,55)(H,53,56)(H,54,57)/b24-23-/t46-,47+,48-. The van der Waals surface area contributed by atoms with E-state index < -0.39 is 0 Å². The van der Waals surface area contributed by atoms with Gasteiger partial charge in [-0.3, -0.25) is 14.4 Å². The molecular weight excluding hydrogens is 703 g/mol. The lowest BCUT2D eigenvalue weighted by molar-refractivity contribution is -0.134. The number of allylic oxidation sites excluding steroid dienone is 2. The average molecular weight is 800 g/mol. The van der Waals surface area contributed by atoms with Gasteiger partial charge in [-0.05, 0) is 64.2 Å². The van der Waals surface area contributed by atoms with Gasteiger partial charge in [0.05, 0.1) is 0 Å². The second-order valence-electron chi connectivity index (χ2n) is 18.0. The van der Waals surface area contributed by atoms with E-state index in [4.69, 9.17) is 0 Å². The lowest BCUT2D eigenvalue weighted by Gasteiger charge is -2.33. The summed E-state index contributed by atoms with van der Waals surface area (Å²) < 4.78 is 0. The Hall–Kier alpha value is -1.85. The molecule has 0 aromatic rings. The van der Waals surface area contributed by atoms with E-state index in [1.807, 2.05) is 0 Å². The number of carbonyl (C=O) groups excluding carboxylic acids is 3. The number of carbonyl (C=O) groups is 3. The zero-order chi connectivity index (χ0) is 41.3. The molecule has 6 heteroatoms. The molecule has 1 saturated carbocycles. The Morgan fingerprint density at radius 3 is 0.789 bits per heavy atom. The Balaban J connectivity index is 2.39. The van der Waals surface area contributed by atoms with Crippen LogP contribution in [0, 0.1) is 17.8 Å². The summed E-state index contributed by atoms with van der Waals surface area (Å²) in [4.78, 5) is 40.2. The molecule has 1 aliphatic carbocycles. The van der Waals surface area contributed by atoms with Gasteiger partial charge >= 0.3 is 0 Å². The first-order valence-electron chi connectivity index (χ1n) is 25.5. The minimum absolute atomic E-state index is 0.0300. The van der Waals surface area contributed by atoms with E-state index in [1.54, 1.807) is 0 Å². The Morgan fingerprint density at radius 1 is 0.333 bits per heavy atom. The van der Waals surface area contributed by atoms with Crippen molar-refractivity contribution in [2.75, 3.05) is 19.6 Å². The highest BCUT2D eigenvalue weighted by Crippen LogP contribution is 2.34. The first-order valence-corrected chi connectivity index (χ1v) is 25.5. The molecule has 1 aliphatic rings. The van der Waals surface area contributed by atoms with Gasteiger partial charge in [0.25, 0.3) is 0 Å². The maximum Gasteiger partial charge on any atom is 0.223 e. The summed E-state index contributed by atoms with van der Waals surface area (Å²) in [6, 6.07) is 0. The Kier molecular flexibility index (Phi) is 38.2. The fourth-order valence-corrected chi connectivity index (χ4v) is 8.63. The van der Waals surface area contributed by atoms with E-state index in [0.29, 0.717) is 38.9 Å². The number of hydrogen-bond donors (Lipinski definition) is 3. The topological polar surface area (TPSA) is 87.3 Å². The molecule has 0 unspecified atom stereocenters. The zero-order valence-electron chi connectivity index (χ0n) is 38.4. The molecule has 0 spiro atoms. The SMILES string of the molecule is CCCCCCCC/C=C\CCCCCCCCNC(=O)[C@H]1C[C@@H](C(=O)NCCCCCCCCCCCC)C[C@@H](C(=O)NCCCCCCCCCCCC)C1. The van der Waals surface area contributed by atoms with Gasteiger partial charge in [-0.15, -0.1) is 0 Å². The van der Waals surface area contributed by atoms with Gasteiger partial charge in [-0.25, -0.2) is 0 Å². The third-order valence-corrected chi connectivity index (χ3v) is 12.5. The number of nitrogens with one attached hydrogen (secondary N) is 3. The molecule has 0 bridgehead atoms. The van der Waals surface area contributed by atoms with Crippen molar-refractivity contribution in [2.24, 2.45) is 17.8 Å². The number of hydrogen-bond acceptors (Lipinski definition) is 3. The van der Waals surface area contributed by atoms with E-state index in [1.165, 1.54) is 180 Å². The maximum atomic E-state index is 13.4. The van der Waals surface area contributed by atoms with Crippen LogP contribution >= 0.6 is 0 Å². The van der Waals surface area contributed by atoms with Gasteiger partial charge in [0, 0.05) is 37.4 Å². The van der Waals surface area contributed by atoms with Crippen LogP contribution in [0.1, 0.15) is 258 Å². The molecular formula is C51H97N3O3. The Labute approximate surface area is 354 Å². The molecule has 57 heavy (non-hydrogen) atoms. The van der Waals surface area contributed by atoms with Gasteiger partial charge in [0.15, 0.2) is 0 Å². The van der Waals surface area contributed by atoms with Crippen molar-refractivity contribution in [1.29, 1.82) is 0 Å².